The molecule has 0 bridgehead atoms. The van der Waals surface area contributed by atoms with Crippen molar-refractivity contribution in [3.8, 4) is 0 Å². The van der Waals surface area contributed by atoms with E-state index in [4.69, 9.17) is 43.5 Å². The fraction of sp³-hybridized carbons (Fsp3) is 0.375. The third-order valence-electron chi connectivity index (χ3n) is 5.53. The van der Waals surface area contributed by atoms with E-state index >= 15 is 0 Å². The minimum Gasteiger partial charge on any atom is -0.444 e. The topological polar surface area (TPSA) is 159 Å². The Kier molecular flexibility index (Phi) is 7.47. The molecule has 11 nitrogen and oxygen atoms in total. The van der Waals surface area contributed by atoms with Crippen LogP contribution in [-0.2, 0) is 9.53 Å². The van der Waals surface area contributed by atoms with Crippen molar-refractivity contribution in [2.45, 2.75) is 45.3 Å². The first-order valence-corrected chi connectivity index (χ1v) is 12.3. The van der Waals surface area contributed by atoms with E-state index in [1.807, 2.05) is 20.8 Å². The van der Waals surface area contributed by atoms with Gasteiger partial charge in [0.15, 0.2) is 5.58 Å². The number of nitrogens with two attached hydrogens (primary N) is 1. The maximum atomic E-state index is 13.0. The highest BCUT2D eigenvalue weighted by molar-refractivity contribution is 6.50. The molecule has 0 spiro atoms. The van der Waals surface area contributed by atoms with E-state index in [1.54, 1.807) is 23.1 Å². The van der Waals surface area contributed by atoms with Crippen LogP contribution in [0.5, 0.6) is 0 Å². The number of aromatic nitrogens is 2. The molecule has 37 heavy (non-hydrogen) atoms. The molecule has 1 fully saturated rings. The summed E-state index contributed by atoms with van der Waals surface area (Å²) in [5.74, 6) is -0.883. The highest BCUT2D eigenvalue weighted by atomic mass is 35.5. The fourth-order valence-electron chi connectivity index (χ4n) is 3.92. The number of anilines is 3. The second-order valence-corrected chi connectivity index (χ2v) is 10.5. The van der Waals surface area contributed by atoms with Crippen LogP contribution in [0.25, 0.3) is 11.1 Å². The largest absolute Gasteiger partial charge is 0.444 e. The third kappa shape index (κ3) is 6.23. The summed E-state index contributed by atoms with van der Waals surface area (Å²) in [4.78, 5) is 35.3. The normalized spacial score (nSPS) is 15.9. The second-order valence-electron chi connectivity index (χ2n) is 9.61. The van der Waals surface area contributed by atoms with Gasteiger partial charge in [-0.15, -0.1) is 0 Å². The number of hydrogen-bond acceptors (Lipinski definition) is 9. The predicted molar refractivity (Wildman–Crippen MR) is 143 cm³/mol. The van der Waals surface area contributed by atoms with E-state index < -0.39 is 23.3 Å². The van der Waals surface area contributed by atoms with E-state index in [0.29, 0.717) is 29.2 Å². The van der Waals surface area contributed by atoms with Gasteiger partial charge < -0.3 is 25.1 Å². The molecule has 1 aromatic carbocycles. The number of nitrogens with one attached hydrogen (secondary N) is 3. The molecule has 196 valence electrons. The van der Waals surface area contributed by atoms with Gasteiger partial charge in [0.05, 0.1) is 22.5 Å². The van der Waals surface area contributed by atoms with Crippen LogP contribution in [-0.4, -0.2) is 57.3 Å². The van der Waals surface area contributed by atoms with Crippen LogP contribution in [0.2, 0.25) is 10.0 Å². The molecule has 1 saturated heterocycles. The zero-order valence-electron chi connectivity index (χ0n) is 20.5. The van der Waals surface area contributed by atoms with Crippen LogP contribution >= 0.6 is 23.2 Å². The Morgan fingerprint density at radius 2 is 2.05 bits per heavy atom. The molecule has 13 heteroatoms. The van der Waals surface area contributed by atoms with Crippen molar-refractivity contribution < 1.29 is 18.7 Å². The summed E-state index contributed by atoms with van der Waals surface area (Å²) < 4.78 is 11.0. The number of ether oxygens (including phenoxy) is 1. The molecular weight excluding hydrogens is 521 g/mol. The molecule has 2 aromatic heterocycles. The molecule has 5 N–H and O–H groups in total. The molecule has 0 radical (unpaired) electrons. The van der Waals surface area contributed by atoms with Crippen molar-refractivity contribution in [3.63, 3.8) is 0 Å². The highest BCUT2D eigenvalue weighted by Gasteiger charge is 2.30. The van der Waals surface area contributed by atoms with Crippen molar-refractivity contribution >= 4 is 69.5 Å². The molecule has 1 aliphatic rings. The van der Waals surface area contributed by atoms with Gasteiger partial charge in [-0.3, -0.25) is 15.5 Å². The van der Waals surface area contributed by atoms with Gasteiger partial charge >= 0.3 is 12.1 Å². The van der Waals surface area contributed by atoms with Crippen LogP contribution < -0.4 is 16.4 Å². The number of fused-ring (bicyclic) bond motifs is 1. The fourth-order valence-corrected chi connectivity index (χ4v) is 4.28. The van der Waals surface area contributed by atoms with Crippen molar-refractivity contribution in [3.05, 3.63) is 40.0 Å². The second kappa shape index (κ2) is 10.4. The zero-order chi connectivity index (χ0) is 26.9. The summed E-state index contributed by atoms with van der Waals surface area (Å²) in [7, 11) is 0. The Morgan fingerprint density at radius 3 is 2.78 bits per heavy atom. The van der Waals surface area contributed by atoms with Crippen molar-refractivity contribution in [2.75, 3.05) is 29.5 Å². The number of hydrogen-bond donors (Lipinski definition) is 4. The Hall–Kier alpha value is -3.57. The van der Waals surface area contributed by atoms with E-state index in [-0.39, 0.29) is 34.1 Å². The molecule has 1 atom stereocenters. The molecule has 3 heterocycles. The smallest absolute Gasteiger partial charge is 0.410 e. The minimum absolute atomic E-state index is 0.0264. The maximum absolute atomic E-state index is 13.0. The van der Waals surface area contributed by atoms with Crippen LogP contribution in [0.4, 0.5) is 22.3 Å². The average Bonchev–Trinajstić information content (AvgIpc) is 3.21. The number of oxazole rings is 1. The zero-order valence-corrected chi connectivity index (χ0v) is 22.0. The Bertz CT molecular complexity index is 1370. The first kappa shape index (κ1) is 26.5. The van der Waals surface area contributed by atoms with E-state index in [1.165, 1.54) is 6.20 Å². The number of piperidine rings is 1. The predicted octanol–water partition coefficient (Wildman–Crippen LogP) is 4.93. The lowest BCUT2D eigenvalue weighted by Gasteiger charge is -2.35. The number of amides is 2. The number of pyridine rings is 1. The standard InChI is InChI=1S/C24H27Cl2N7O4/c1-24(2,3)37-23(35)33-8-4-5-13(11-33)30-19-14(26)10-29-20(28)17(19)18(27)21(34)32-22-31-15-9-12(25)6-7-16(15)36-22/h6-7,9-10,13,27H,4-5,8,11H2,1-3H3,(H3,28,29,30)(H,31,32,34)/t13-/m1/s1. The summed E-state index contributed by atoms with van der Waals surface area (Å²) in [5.41, 5.74) is 6.15. The van der Waals surface area contributed by atoms with Crippen LogP contribution in [0, 0.1) is 5.41 Å². The van der Waals surface area contributed by atoms with Crippen molar-refractivity contribution in [1.29, 1.82) is 5.41 Å². The number of nitrogen functional groups attached to an aromatic ring is 1. The van der Waals surface area contributed by atoms with Crippen molar-refractivity contribution in [1.82, 2.24) is 14.9 Å². The average molecular weight is 548 g/mol. The summed E-state index contributed by atoms with van der Waals surface area (Å²) in [5, 5.41) is 14.9. The maximum Gasteiger partial charge on any atom is 0.410 e. The molecule has 2 amide bonds. The van der Waals surface area contributed by atoms with Crippen LogP contribution in [0.1, 0.15) is 39.2 Å². The van der Waals surface area contributed by atoms with Gasteiger partial charge in [0.1, 0.15) is 22.6 Å². The number of rotatable bonds is 5. The number of carbonyl (C=O) groups is 2. The molecule has 0 aliphatic carbocycles. The number of halogens is 2. The highest BCUT2D eigenvalue weighted by Crippen LogP contribution is 2.32. The van der Waals surface area contributed by atoms with Gasteiger partial charge in [-0.1, -0.05) is 23.2 Å². The summed E-state index contributed by atoms with van der Waals surface area (Å²) in [6.45, 7) is 6.33. The summed E-state index contributed by atoms with van der Waals surface area (Å²) in [6, 6.07) is 4.52. The Morgan fingerprint density at radius 1 is 1.30 bits per heavy atom. The molecule has 0 saturated carbocycles. The Balaban J connectivity index is 1.53. The van der Waals surface area contributed by atoms with Gasteiger partial charge in [-0.05, 0) is 51.8 Å². The molecule has 3 aromatic rings. The van der Waals surface area contributed by atoms with E-state index in [9.17, 15) is 9.59 Å². The lowest BCUT2D eigenvalue weighted by Crippen LogP contribution is -2.47. The molecular formula is C24H27Cl2N7O4. The van der Waals surface area contributed by atoms with Crippen molar-refractivity contribution in [2.24, 2.45) is 0 Å². The first-order valence-electron chi connectivity index (χ1n) is 11.6. The summed E-state index contributed by atoms with van der Waals surface area (Å²) in [6.07, 6.45) is 2.38. The third-order valence-corrected chi connectivity index (χ3v) is 6.05. The SMILES string of the molecule is CC(C)(C)OC(=O)N1CCC[C@@H](Nc2c(Cl)cnc(N)c2C(=N)C(=O)Nc2nc3cc(Cl)ccc3o2)C1. The van der Waals surface area contributed by atoms with Gasteiger partial charge in [-0.25, -0.2) is 9.78 Å². The van der Waals surface area contributed by atoms with Gasteiger partial charge in [-0.2, -0.15) is 4.98 Å². The summed E-state index contributed by atoms with van der Waals surface area (Å²) >= 11 is 12.4. The monoisotopic (exact) mass is 547 g/mol. The van der Waals surface area contributed by atoms with E-state index in [2.05, 4.69) is 20.6 Å². The van der Waals surface area contributed by atoms with Gasteiger partial charge in [0, 0.05) is 24.2 Å². The minimum atomic E-state index is -0.824. The number of nitrogens with zero attached hydrogens (tertiary/aromatic N) is 3. The number of carbonyl (C=O) groups excluding carboxylic acids is 2. The number of likely N-dealkylation sites (tertiary alicyclic amines) is 1. The van der Waals surface area contributed by atoms with Crippen LogP contribution in [0.3, 0.4) is 0 Å². The lowest BCUT2D eigenvalue weighted by molar-refractivity contribution is -0.110. The quantitative estimate of drug-likeness (QED) is 0.327. The lowest BCUT2D eigenvalue weighted by atomic mass is 10.0. The van der Waals surface area contributed by atoms with E-state index in [0.717, 1.165) is 12.8 Å². The molecule has 4 rings (SSSR count). The van der Waals surface area contributed by atoms with Gasteiger partial charge in [0.2, 0.25) is 0 Å². The molecule has 0 unspecified atom stereocenters. The Labute approximate surface area is 223 Å². The number of benzene rings is 1. The van der Waals surface area contributed by atoms with Crippen LogP contribution in [0.15, 0.2) is 28.8 Å². The first-order chi connectivity index (χ1) is 17.4. The van der Waals surface area contributed by atoms with Gasteiger partial charge in [0.25, 0.3) is 5.91 Å². The molecule has 1 aliphatic heterocycles.